The summed E-state index contributed by atoms with van der Waals surface area (Å²) in [5.41, 5.74) is 8.22. The number of halogens is 3. The molecule has 3 aliphatic rings. The van der Waals surface area contributed by atoms with Gasteiger partial charge in [-0.1, -0.05) is 12.1 Å². The normalized spacial score (nSPS) is 26.6. The van der Waals surface area contributed by atoms with Crippen molar-refractivity contribution in [1.29, 1.82) is 0 Å². The summed E-state index contributed by atoms with van der Waals surface area (Å²) < 4.78 is 39.0. The van der Waals surface area contributed by atoms with Crippen molar-refractivity contribution in [2.75, 3.05) is 26.2 Å². The number of aromatic nitrogens is 2. The number of nitrogens with zero attached hydrogens (tertiary/aromatic N) is 3. The van der Waals surface area contributed by atoms with Gasteiger partial charge in [-0.25, -0.2) is 4.79 Å². The van der Waals surface area contributed by atoms with E-state index in [9.17, 15) is 18.0 Å². The van der Waals surface area contributed by atoms with Crippen molar-refractivity contribution in [1.82, 2.24) is 20.0 Å². The molecule has 1 aromatic heterocycles. The fourth-order valence-corrected chi connectivity index (χ4v) is 4.98. The number of urea groups is 1. The molecule has 1 aromatic carbocycles. The topological polar surface area (TPSA) is 78.2 Å². The Labute approximate surface area is 184 Å². The van der Waals surface area contributed by atoms with E-state index in [4.69, 9.17) is 5.73 Å². The fourth-order valence-electron chi connectivity index (χ4n) is 4.98. The third kappa shape index (κ3) is 4.35. The van der Waals surface area contributed by atoms with Gasteiger partial charge in [-0.2, -0.15) is 18.3 Å². The number of hydrogen-bond acceptors (Lipinski definition) is 3. The first-order valence-corrected chi connectivity index (χ1v) is 11.3. The van der Waals surface area contributed by atoms with Gasteiger partial charge < -0.3 is 15.5 Å². The third-order valence-corrected chi connectivity index (χ3v) is 6.98. The quantitative estimate of drug-likeness (QED) is 0.746. The summed E-state index contributed by atoms with van der Waals surface area (Å²) in [6, 6.07) is 7.41. The van der Waals surface area contributed by atoms with E-state index >= 15 is 0 Å². The number of benzene rings is 1. The van der Waals surface area contributed by atoms with Gasteiger partial charge in [0.2, 0.25) is 0 Å². The smallest absolute Gasteiger partial charge is 0.326 e. The summed E-state index contributed by atoms with van der Waals surface area (Å²) in [5.74, 6) is 0.520. The van der Waals surface area contributed by atoms with Gasteiger partial charge in [-0.3, -0.25) is 5.10 Å². The molecule has 2 saturated heterocycles. The highest BCUT2D eigenvalue weighted by Gasteiger charge is 2.37. The predicted molar refractivity (Wildman–Crippen MR) is 113 cm³/mol. The number of hydrogen-bond donors (Lipinski definition) is 2. The van der Waals surface area contributed by atoms with Crippen LogP contribution >= 0.6 is 0 Å². The lowest BCUT2D eigenvalue weighted by atomic mass is 9.82. The molecule has 3 unspecified atom stereocenters. The zero-order valence-electron chi connectivity index (χ0n) is 17.8. The van der Waals surface area contributed by atoms with E-state index in [0.29, 0.717) is 32.1 Å². The molecule has 6 nitrogen and oxygen atoms in total. The Morgan fingerprint density at radius 1 is 1.00 bits per heavy atom. The maximum Gasteiger partial charge on any atom is 0.416 e. The molecule has 5 rings (SSSR count). The van der Waals surface area contributed by atoms with Gasteiger partial charge in [0.15, 0.2) is 0 Å². The Bertz CT molecular complexity index is 969. The molecule has 32 heavy (non-hydrogen) atoms. The molecular formula is C23H28F3N5O. The molecule has 0 spiro atoms. The molecule has 1 aliphatic carbocycles. The van der Waals surface area contributed by atoms with E-state index in [1.54, 1.807) is 17.0 Å². The molecule has 0 bridgehead atoms. The highest BCUT2D eigenvalue weighted by Crippen LogP contribution is 2.42. The standard InChI is InChI=1S/C23H28F3N5O/c24-23(25,26)18-5-3-14(4-6-18)16-9-17(21-10-20(28-29-21)15-1-2-15)12-31(11-16)22(32)30-8-7-19(27)13-30/h3-6,10,15-17,19H,1-2,7-9,11-13,27H2,(H,28,29). The lowest BCUT2D eigenvalue weighted by Gasteiger charge is -2.39. The number of nitrogens with one attached hydrogen (secondary N) is 1. The van der Waals surface area contributed by atoms with Crippen molar-refractivity contribution in [2.45, 2.75) is 55.7 Å². The number of nitrogens with two attached hydrogens (primary N) is 1. The summed E-state index contributed by atoms with van der Waals surface area (Å²) in [6.45, 7) is 2.21. The Balaban J connectivity index is 1.39. The second kappa shape index (κ2) is 8.10. The predicted octanol–water partition coefficient (Wildman–Crippen LogP) is 4.03. The van der Waals surface area contributed by atoms with Gasteiger partial charge in [0.1, 0.15) is 0 Å². The summed E-state index contributed by atoms with van der Waals surface area (Å²) in [5, 5.41) is 7.68. The van der Waals surface area contributed by atoms with Crippen LogP contribution in [0.25, 0.3) is 0 Å². The van der Waals surface area contributed by atoms with E-state index in [-0.39, 0.29) is 23.9 Å². The molecule has 172 valence electrons. The number of H-pyrrole nitrogens is 1. The van der Waals surface area contributed by atoms with Crippen LogP contribution in [0.15, 0.2) is 30.3 Å². The molecule has 2 amide bonds. The van der Waals surface area contributed by atoms with Crippen LogP contribution in [-0.4, -0.2) is 58.2 Å². The average Bonchev–Trinajstić information content (AvgIpc) is 3.34. The van der Waals surface area contributed by atoms with Crippen LogP contribution in [0.4, 0.5) is 18.0 Å². The number of alkyl halides is 3. The maximum atomic E-state index is 13.2. The van der Waals surface area contributed by atoms with E-state index in [0.717, 1.165) is 41.9 Å². The monoisotopic (exact) mass is 447 g/mol. The highest BCUT2D eigenvalue weighted by atomic mass is 19.4. The van der Waals surface area contributed by atoms with Crippen LogP contribution in [0, 0.1) is 0 Å². The summed E-state index contributed by atoms with van der Waals surface area (Å²) in [7, 11) is 0. The van der Waals surface area contributed by atoms with E-state index in [1.807, 2.05) is 4.90 Å². The van der Waals surface area contributed by atoms with E-state index < -0.39 is 11.7 Å². The molecule has 3 fully saturated rings. The fraction of sp³-hybridized carbons (Fsp3) is 0.565. The number of piperidine rings is 1. The summed E-state index contributed by atoms with van der Waals surface area (Å²) in [4.78, 5) is 16.9. The highest BCUT2D eigenvalue weighted by molar-refractivity contribution is 5.75. The minimum absolute atomic E-state index is 0.00214. The van der Waals surface area contributed by atoms with Gasteiger partial charge in [0, 0.05) is 55.7 Å². The molecule has 9 heteroatoms. The Kier molecular flexibility index (Phi) is 5.39. The molecule has 2 aliphatic heterocycles. The van der Waals surface area contributed by atoms with Crippen LogP contribution in [0.5, 0.6) is 0 Å². The van der Waals surface area contributed by atoms with Gasteiger partial charge in [0.05, 0.1) is 11.3 Å². The van der Waals surface area contributed by atoms with Crippen molar-refractivity contribution in [2.24, 2.45) is 5.73 Å². The van der Waals surface area contributed by atoms with Crippen molar-refractivity contribution in [3.05, 3.63) is 52.8 Å². The Morgan fingerprint density at radius 2 is 1.72 bits per heavy atom. The van der Waals surface area contributed by atoms with Crippen LogP contribution in [0.3, 0.4) is 0 Å². The van der Waals surface area contributed by atoms with Crippen LogP contribution in [0.1, 0.15) is 66.0 Å². The van der Waals surface area contributed by atoms with Gasteiger partial charge in [0.25, 0.3) is 0 Å². The number of carbonyl (C=O) groups is 1. The molecule has 3 atom stereocenters. The maximum absolute atomic E-state index is 13.2. The van der Waals surface area contributed by atoms with E-state index in [1.165, 1.54) is 12.8 Å². The SMILES string of the molecule is NC1CCN(C(=O)N2CC(c3ccc(C(F)(F)F)cc3)CC(c3cc(C4CC4)[nH]n3)C2)C1. The lowest BCUT2D eigenvalue weighted by Crippen LogP contribution is -2.48. The first-order valence-electron chi connectivity index (χ1n) is 11.3. The molecular weight excluding hydrogens is 419 g/mol. The van der Waals surface area contributed by atoms with Crippen LogP contribution in [0.2, 0.25) is 0 Å². The molecule has 2 aromatic rings. The number of rotatable bonds is 3. The number of aromatic amines is 1. The van der Waals surface area contributed by atoms with Crippen LogP contribution < -0.4 is 5.73 Å². The second-order valence-corrected chi connectivity index (χ2v) is 9.45. The molecule has 3 heterocycles. The van der Waals surface area contributed by atoms with Crippen molar-refractivity contribution < 1.29 is 18.0 Å². The van der Waals surface area contributed by atoms with Gasteiger partial charge in [-0.05, 0) is 49.4 Å². The van der Waals surface area contributed by atoms with Crippen molar-refractivity contribution >= 4 is 6.03 Å². The van der Waals surface area contributed by atoms with Crippen LogP contribution in [-0.2, 0) is 6.18 Å². The minimum atomic E-state index is -4.36. The molecule has 1 saturated carbocycles. The largest absolute Gasteiger partial charge is 0.416 e. The van der Waals surface area contributed by atoms with Gasteiger partial charge in [-0.15, -0.1) is 0 Å². The van der Waals surface area contributed by atoms with Crippen molar-refractivity contribution in [3.63, 3.8) is 0 Å². The first-order chi connectivity index (χ1) is 15.3. The average molecular weight is 448 g/mol. The first kappa shape index (κ1) is 21.3. The Hall–Kier alpha value is -2.55. The van der Waals surface area contributed by atoms with Gasteiger partial charge >= 0.3 is 12.2 Å². The zero-order valence-corrected chi connectivity index (χ0v) is 17.8. The number of amides is 2. The molecule has 3 N–H and O–H groups in total. The Morgan fingerprint density at radius 3 is 2.34 bits per heavy atom. The number of carbonyl (C=O) groups excluding carboxylic acids is 1. The third-order valence-electron chi connectivity index (χ3n) is 6.98. The summed E-state index contributed by atoms with van der Waals surface area (Å²) >= 11 is 0. The molecule has 0 radical (unpaired) electrons. The second-order valence-electron chi connectivity index (χ2n) is 9.45. The minimum Gasteiger partial charge on any atom is -0.326 e. The lowest BCUT2D eigenvalue weighted by molar-refractivity contribution is -0.137. The number of likely N-dealkylation sites (tertiary alicyclic amines) is 2. The van der Waals surface area contributed by atoms with Crippen molar-refractivity contribution in [3.8, 4) is 0 Å². The zero-order chi connectivity index (χ0) is 22.5. The van der Waals surface area contributed by atoms with E-state index in [2.05, 4.69) is 16.3 Å². The summed E-state index contributed by atoms with van der Waals surface area (Å²) in [6.07, 6.45) is -0.502.